The molecule has 1 aliphatic rings. The van der Waals surface area contributed by atoms with Crippen LogP contribution in [0.5, 0.6) is 0 Å². The van der Waals surface area contributed by atoms with Gasteiger partial charge in [0, 0.05) is 11.1 Å². The van der Waals surface area contributed by atoms with Gasteiger partial charge in [0.1, 0.15) is 11.9 Å². The summed E-state index contributed by atoms with van der Waals surface area (Å²) in [5.74, 6) is -0.966. The lowest BCUT2D eigenvalue weighted by atomic mass is 9.94. The molecule has 0 aliphatic heterocycles. The number of benzene rings is 1. The predicted molar refractivity (Wildman–Crippen MR) is 73.4 cm³/mol. The number of hydrogen-bond acceptors (Lipinski definition) is 2. The standard InChI is InChI=1S/C14H18ClFN2O/c15-10-6-9(7-11(16)8-10)13(14(17)19)18-12-4-2-1-3-5-12/h6-8,12-13,18H,1-5H2,(H2,17,19). The van der Waals surface area contributed by atoms with E-state index in [1.807, 2.05) is 0 Å². The van der Waals surface area contributed by atoms with Gasteiger partial charge in [-0.2, -0.15) is 0 Å². The first-order valence-electron chi connectivity index (χ1n) is 6.57. The Morgan fingerprint density at radius 2 is 2.00 bits per heavy atom. The number of rotatable bonds is 4. The number of nitrogens with two attached hydrogens (primary N) is 1. The summed E-state index contributed by atoms with van der Waals surface area (Å²) >= 11 is 5.82. The molecule has 3 N–H and O–H groups in total. The lowest BCUT2D eigenvalue weighted by molar-refractivity contribution is -0.120. The fraction of sp³-hybridized carbons (Fsp3) is 0.500. The number of amides is 1. The van der Waals surface area contributed by atoms with E-state index < -0.39 is 17.8 Å². The van der Waals surface area contributed by atoms with Gasteiger partial charge in [-0.3, -0.25) is 10.1 Å². The van der Waals surface area contributed by atoms with Crippen LogP contribution in [0.2, 0.25) is 5.02 Å². The molecule has 2 rings (SSSR count). The Hall–Kier alpha value is -1.13. The van der Waals surface area contributed by atoms with E-state index in [9.17, 15) is 9.18 Å². The van der Waals surface area contributed by atoms with Gasteiger partial charge in [0.2, 0.25) is 5.91 Å². The van der Waals surface area contributed by atoms with E-state index in [-0.39, 0.29) is 11.1 Å². The molecule has 1 atom stereocenters. The highest BCUT2D eigenvalue weighted by Gasteiger charge is 2.23. The van der Waals surface area contributed by atoms with E-state index in [4.69, 9.17) is 17.3 Å². The number of carbonyl (C=O) groups is 1. The van der Waals surface area contributed by atoms with Crippen molar-refractivity contribution in [1.29, 1.82) is 0 Å². The number of nitrogens with one attached hydrogen (secondary N) is 1. The van der Waals surface area contributed by atoms with Crippen molar-refractivity contribution >= 4 is 17.5 Å². The molecule has 0 aromatic heterocycles. The third-order valence-corrected chi connectivity index (χ3v) is 3.73. The van der Waals surface area contributed by atoms with Crippen molar-refractivity contribution in [2.24, 2.45) is 5.73 Å². The van der Waals surface area contributed by atoms with Gasteiger partial charge < -0.3 is 5.73 Å². The molecule has 104 valence electrons. The molecule has 1 aliphatic carbocycles. The molecule has 0 saturated heterocycles. The van der Waals surface area contributed by atoms with E-state index in [1.165, 1.54) is 18.6 Å². The van der Waals surface area contributed by atoms with Gasteiger partial charge in [0.25, 0.3) is 0 Å². The molecule has 0 radical (unpaired) electrons. The summed E-state index contributed by atoms with van der Waals surface area (Å²) in [5, 5.41) is 3.50. The molecule has 0 spiro atoms. The first kappa shape index (κ1) is 14.3. The van der Waals surface area contributed by atoms with Gasteiger partial charge in [-0.25, -0.2) is 4.39 Å². The van der Waals surface area contributed by atoms with Gasteiger partial charge in [-0.15, -0.1) is 0 Å². The van der Waals surface area contributed by atoms with E-state index in [1.54, 1.807) is 6.07 Å². The highest BCUT2D eigenvalue weighted by Crippen LogP contribution is 2.24. The summed E-state index contributed by atoms with van der Waals surface area (Å²) in [6, 6.07) is 3.67. The molecule has 5 heteroatoms. The maximum absolute atomic E-state index is 13.4. The zero-order chi connectivity index (χ0) is 13.8. The van der Waals surface area contributed by atoms with Gasteiger partial charge in [0.05, 0.1) is 0 Å². The second-order valence-electron chi connectivity index (χ2n) is 5.04. The normalized spacial score (nSPS) is 18.2. The minimum absolute atomic E-state index is 0.258. The summed E-state index contributed by atoms with van der Waals surface area (Å²) < 4.78 is 13.4. The molecule has 1 aromatic rings. The monoisotopic (exact) mass is 284 g/mol. The summed E-state index contributed by atoms with van der Waals surface area (Å²) in [6.45, 7) is 0. The molecule has 1 unspecified atom stereocenters. The second kappa shape index (κ2) is 6.35. The summed E-state index contributed by atoms with van der Waals surface area (Å²) in [4.78, 5) is 11.6. The topological polar surface area (TPSA) is 55.1 Å². The predicted octanol–water partition coefficient (Wildman–Crippen LogP) is 2.93. The molecule has 1 fully saturated rings. The molecular weight excluding hydrogens is 267 g/mol. The van der Waals surface area contributed by atoms with Crippen molar-refractivity contribution in [1.82, 2.24) is 5.32 Å². The molecule has 0 heterocycles. The molecule has 1 aromatic carbocycles. The van der Waals surface area contributed by atoms with Crippen LogP contribution in [-0.2, 0) is 4.79 Å². The van der Waals surface area contributed by atoms with Crippen molar-refractivity contribution in [3.05, 3.63) is 34.6 Å². The Morgan fingerprint density at radius 3 is 2.58 bits per heavy atom. The minimum Gasteiger partial charge on any atom is -0.368 e. The summed E-state index contributed by atoms with van der Waals surface area (Å²) in [5.41, 5.74) is 5.91. The number of hydrogen-bond donors (Lipinski definition) is 2. The van der Waals surface area contributed by atoms with Crippen LogP contribution >= 0.6 is 11.6 Å². The highest BCUT2D eigenvalue weighted by molar-refractivity contribution is 6.30. The fourth-order valence-corrected chi connectivity index (χ4v) is 2.82. The van der Waals surface area contributed by atoms with E-state index in [2.05, 4.69) is 5.32 Å². The van der Waals surface area contributed by atoms with Crippen LogP contribution in [0.1, 0.15) is 43.7 Å². The molecular formula is C14H18ClFN2O. The van der Waals surface area contributed by atoms with Crippen LogP contribution in [0.3, 0.4) is 0 Å². The van der Waals surface area contributed by atoms with Gasteiger partial charge in [0.15, 0.2) is 0 Å². The third-order valence-electron chi connectivity index (χ3n) is 3.51. The van der Waals surface area contributed by atoms with Crippen LogP contribution in [0.15, 0.2) is 18.2 Å². The fourth-order valence-electron chi connectivity index (χ4n) is 2.59. The average Bonchev–Trinajstić information content (AvgIpc) is 2.35. The van der Waals surface area contributed by atoms with Crippen molar-refractivity contribution in [3.63, 3.8) is 0 Å². The third kappa shape index (κ3) is 3.91. The molecule has 1 amide bonds. The number of carbonyl (C=O) groups excluding carboxylic acids is 1. The van der Waals surface area contributed by atoms with Gasteiger partial charge >= 0.3 is 0 Å². The van der Waals surface area contributed by atoms with Gasteiger partial charge in [-0.1, -0.05) is 30.9 Å². The van der Waals surface area contributed by atoms with Crippen molar-refractivity contribution in [3.8, 4) is 0 Å². The summed E-state index contributed by atoms with van der Waals surface area (Å²) in [6.07, 6.45) is 5.56. The Labute approximate surface area is 117 Å². The largest absolute Gasteiger partial charge is 0.368 e. The zero-order valence-electron chi connectivity index (χ0n) is 10.7. The Morgan fingerprint density at radius 1 is 1.32 bits per heavy atom. The smallest absolute Gasteiger partial charge is 0.239 e. The van der Waals surface area contributed by atoms with E-state index in [0.717, 1.165) is 25.7 Å². The molecule has 3 nitrogen and oxygen atoms in total. The first-order valence-corrected chi connectivity index (χ1v) is 6.95. The van der Waals surface area contributed by atoms with Crippen molar-refractivity contribution < 1.29 is 9.18 Å². The molecule has 19 heavy (non-hydrogen) atoms. The van der Waals surface area contributed by atoms with Crippen molar-refractivity contribution in [2.45, 2.75) is 44.2 Å². The maximum atomic E-state index is 13.4. The van der Waals surface area contributed by atoms with Crippen LogP contribution in [0.25, 0.3) is 0 Å². The SMILES string of the molecule is NC(=O)C(NC1CCCCC1)c1cc(F)cc(Cl)c1. The number of halogens is 2. The number of primary amides is 1. The van der Waals surface area contributed by atoms with Crippen LogP contribution in [-0.4, -0.2) is 11.9 Å². The summed E-state index contributed by atoms with van der Waals surface area (Å²) in [7, 11) is 0. The lowest BCUT2D eigenvalue weighted by Gasteiger charge is -2.27. The Balaban J connectivity index is 2.16. The Kier molecular flexibility index (Phi) is 4.77. The van der Waals surface area contributed by atoms with Crippen LogP contribution < -0.4 is 11.1 Å². The van der Waals surface area contributed by atoms with E-state index >= 15 is 0 Å². The maximum Gasteiger partial charge on any atom is 0.239 e. The second-order valence-corrected chi connectivity index (χ2v) is 5.48. The van der Waals surface area contributed by atoms with Crippen molar-refractivity contribution in [2.75, 3.05) is 0 Å². The average molecular weight is 285 g/mol. The minimum atomic E-state index is -0.684. The first-order chi connectivity index (χ1) is 9.06. The zero-order valence-corrected chi connectivity index (χ0v) is 11.4. The highest BCUT2D eigenvalue weighted by atomic mass is 35.5. The lowest BCUT2D eigenvalue weighted by Crippen LogP contribution is -2.41. The molecule has 0 bridgehead atoms. The molecule has 1 saturated carbocycles. The van der Waals surface area contributed by atoms with Gasteiger partial charge in [-0.05, 0) is 36.6 Å². The van der Waals surface area contributed by atoms with Crippen LogP contribution in [0.4, 0.5) is 4.39 Å². The van der Waals surface area contributed by atoms with E-state index in [0.29, 0.717) is 5.56 Å². The van der Waals surface area contributed by atoms with Crippen LogP contribution in [0, 0.1) is 5.82 Å². The Bertz CT molecular complexity index is 441. The quantitative estimate of drug-likeness (QED) is 0.893.